The monoisotopic (exact) mass is 396 g/mol. The molecule has 0 aromatic rings. The summed E-state index contributed by atoms with van der Waals surface area (Å²) >= 11 is 0. The molecule has 0 fully saturated rings. The number of unbranched alkanes of at least 4 members (excludes halogenated alkanes) is 7. The number of likely N-dealkylation sites (N-methyl/N-ethyl adjacent to an activating group) is 1. The molecule has 0 saturated carbocycles. The molecule has 2 atom stereocenters. The second-order valence-electron chi connectivity index (χ2n) is 7.95. The topological polar surface area (TPSA) is 65.0 Å². The van der Waals surface area contributed by atoms with E-state index in [-0.39, 0.29) is 19.3 Å². The molecule has 26 heavy (non-hydrogen) atoms. The highest BCUT2D eigenvalue weighted by molar-refractivity contribution is 7.47. The quantitative estimate of drug-likeness (QED) is 0.206. The van der Waals surface area contributed by atoms with Gasteiger partial charge in [0.25, 0.3) is 0 Å². The minimum Gasteiger partial charge on any atom is -0.376 e. The van der Waals surface area contributed by atoms with Gasteiger partial charge in [0.1, 0.15) is 13.2 Å². The van der Waals surface area contributed by atoms with Crippen molar-refractivity contribution in [2.75, 3.05) is 47.5 Å². The second-order valence-corrected chi connectivity index (χ2v) is 9.41. The highest BCUT2D eigenvalue weighted by atomic mass is 31.2. The van der Waals surface area contributed by atoms with Gasteiger partial charge in [-0.25, -0.2) is 4.57 Å². The van der Waals surface area contributed by atoms with Crippen molar-refractivity contribution in [3.63, 3.8) is 0 Å². The van der Waals surface area contributed by atoms with E-state index in [1.165, 1.54) is 44.9 Å². The third kappa shape index (κ3) is 17.4. The summed E-state index contributed by atoms with van der Waals surface area (Å²) in [6, 6.07) is 0. The summed E-state index contributed by atoms with van der Waals surface area (Å²) in [5, 5.41) is 0. The molecule has 0 aliphatic rings. The third-order valence-corrected chi connectivity index (χ3v) is 5.21. The summed E-state index contributed by atoms with van der Waals surface area (Å²) in [4.78, 5) is 9.79. The summed E-state index contributed by atoms with van der Waals surface area (Å²) in [5.41, 5.74) is 0. The largest absolute Gasteiger partial charge is 0.472 e. The van der Waals surface area contributed by atoms with E-state index < -0.39 is 7.82 Å². The van der Waals surface area contributed by atoms with Crippen molar-refractivity contribution >= 4 is 7.82 Å². The van der Waals surface area contributed by atoms with Crippen LogP contribution in [0.15, 0.2) is 0 Å². The Hall–Kier alpha value is 0.0300. The van der Waals surface area contributed by atoms with Crippen LogP contribution in [0.2, 0.25) is 0 Å². The Bertz CT molecular complexity index is 373. The molecule has 1 N–H and O–H groups in total. The predicted octanol–water partition coefficient (Wildman–Crippen LogP) is 4.76. The molecule has 0 aliphatic heterocycles. The predicted molar refractivity (Wildman–Crippen MR) is 107 cm³/mol. The van der Waals surface area contributed by atoms with Crippen molar-refractivity contribution < 1.29 is 27.7 Å². The van der Waals surface area contributed by atoms with Crippen LogP contribution >= 0.6 is 7.82 Å². The Labute approximate surface area is 161 Å². The first kappa shape index (κ1) is 26.0. The van der Waals surface area contributed by atoms with Crippen LogP contribution in [0, 0.1) is 0 Å². The molecule has 0 aromatic heterocycles. The van der Waals surface area contributed by atoms with Gasteiger partial charge in [-0.1, -0.05) is 58.3 Å². The van der Waals surface area contributed by atoms with Crippen LogP contribution in [-0.4, -0.2) is 63.0 Å². The van der Waals surface area contributed by atoms with Crippen molar-refractivity contribution in [1.82, 2.24) is 0 Å². The lowest BCUT2D eigenvalue weighted by atomic mass is 10.1. The van der Waals surface area contributed by atoms with E-state index in [0.717, 1.165) is 12.8 Å². The van der Waals surface area contributed by atoms with Gasteiger partial charge in [-0.05, 0) is 13.3 Å². The van der Waals surface area contributed by atoms with E-state index in [0.29, 0.717) is 17.6 Å². The van der Waals surface area contributed by atoms with Gasteiger partial charge in [-0.2, -0.15) is 0 Å². The fraction of sp³-hybridized carbons (Fsp3) is 1.00. The van der Waals surface area contributed by atoms with Crippen molar-refractivity contribution in [2.45, 2.75) is 77.7 Å². The van der Waals surface area contributed by atoms with Crippen LogP contribution in [0.5, 0.6) is 0 Å². The number of nitrogens with zero attached hydrogens (tertiary/aromatic N) is 1. The molecule has 0 radical (unpaired) electrons. The first-order valence-electron chi connectivity index (χ1n) is 10.2. The summed E-state index contributed by atoms with van der Waals surface area (Å²) in [6.45, 7) is 5.66. The van der Waals surface area contributed by atoms with Crippen LogP contribution < -0.4 is 0 Å². The zero-order chi connectivity index (χ0) is 19.9. The Morgan fingerprint density at radius 1 is 0.923 bits per heavy atom. The Balaban J connectivity index is 3.94. The van der Waals surface area contributed by atoms with E-state index in [1.807, 2.05) is 28.1 Å². The second kappa shape index (κ2) is 15.0. The first-order chi connectivity index (χ1) is 12.2. The van der Waals surface area contributed by atoms with Crippen LogP contribution in [0.3, 0.4) is 0 Å². The molecule has 6 nitrogen and oxygen atoms in total. The van der Waals surface area contributed by atoms with Crippen LogP contribution in [0.1, 0.15) is 71.6 Å². The molecule has 7 heteroatoms. The molecule has 0 bridgehead atoms. The maximum Gasteiger partial charge on any atom is 0.472 e. The Kier molecular flexibility index (Phi) is 15.0. The fourth-order valence-corrected chi connectivity index (χ4v) is 3.34. The fourth-order valence-electron chi connectivity index (χ4n) is 2.60. The molecular formula is C19H43NO5P+. The third-order valence-electron chi connectivity index (χ3n) is 4.22. The van der Waals surface area contributed by atoms with E-state index in [4.69, 9.17) is 13.8 Å². The summed E-state index contributed by atoms with van der Waals surface area (Å²) in [7, 11) is 2.00. The van der Waals surface area contributed by atoms with Crippen molar-refractivity contribution in [2.24, 2.45) is 0 Å². The number of phosphoric acid groups is 1. The van der Waals surface area contributed by atoms with Gasteiger partial charge in [0.15, 0.2) is 0 Å². The van der Waals surface area contributed by atoms with Crippen molar-refractivity contribution in [1.29, 1.82) is 0 Å². The van der Waals surface area contributed by atoms with Crippen LogP contribution in [-0.2, 0) is 18.3 Å². The number of quaternary nitrogens is 1. The average Bonchev–Trinajstić information content (AvgIpc) is 2.53. The summed E-state index contributed by atoms with van der Waals surface area (Å²) in [5.74, 6) is 0. The number of hydrogen-bond donors (Lipinski definition) is 1. The SMILES string of the molecule is CCCCCCCCCCC(COP(=O)(O)OCC[N+](C)(C)C)OCC. The van der Waals surface area contributed by atoms with Gasteiger partial charge in [-0.3, -0.25) is 9.05 Å². The molecule has 0 heterocycles. The van der Waals surface area contributed by atoms with Crippen LogP contribution in [0.25, 0.3) is 0 Å². The lowest BCUT2D eigenvalue weighted by molar-refractivity contribution is -0.870. The zero-order valence-electron chi connectivity index (χ0n) is 17.7. The molecule has 0 spiro atoms. The number of rotatable bonds is 18. The summed E-state index contributed by atoms with van der Waals surface area (Å²) in [6.07, 6.45) is 10.7. The molecule has 2 unspecified atom stereocenters. The molecule has 158 valence electrons. The van der Waals surface area contributed by atoms with Gasteiger partial charge in [0, 0.05) is 6.61 Å². The lowest BCUT2D eigenvalue weighted by Crippen LogP contribution is -2.37. The lowest BCUT2D eigenvalue weighted by Gasteiger charge is -2.24. The van der Waals surface area contributed by atoms with Gasteiger partial charge in [0.05, 0.1) is 33.9 Å². The van der Waals surface area contributed by atoms with E-state index >= 15 is 0 Å². The Morgan fingerprint density at radius 2 is 1.50 bits per heavy atom. The van der Waals surface area contributed by atoms with E-state index in [2.05, 4.69) is 6.92 Å². The number of hydrogen-bond acceptors (Lipinski definition) is 4. The normalized spacial score (nSPS) is 15.8. The standard InChI is InChI=1S/C19H42NO5P/c1-6-8-9-10-11-12-13-14-15-19(23-7-2)18-25-26(21,22)24-17-16-20(3,4)5/h19H,6-18H2,1-5H3/p+1. The van der Waals surface area contributed by atoms with Gasteiger partial charge in [0.2, 0.25) is 0 Å². The van der Waals surface area contributed by atoms with E-state index in [1.54, 1.807) is 0 Å². The highest BCUT2D eigenvalue weighted by Crippen LogP contribution is 2.43. The Morgan fingerprint density at radius 3 is 2.04 bits per heavy atom. The first-order valence-corrected chi connectivity index (χ1v) is 11.7. The number of ether oxygens (including phenoxy) is 1. The average molecular weight is 397 g/mol. The highest BCUT2D eigenvalue weighted by Gasteiger charge is 2.24. The molecule has 0 amide bonds. The van der Waals surface area contributed by atoms with Crippen molar-refractivity contribution in [3.05, 3.63) is 0 Å². The van der Waals surface area contributed by atoms with Crippen molar-refractivity contribution in [3.8, 4) is 0 Å². The van der Waals surface area contributed by atoms with E-state index in [9.17, 15) is 9.46 Å². The maximum atomic E-state index is 12.0. The van der Waals surface area contributed by atoms with Gasteiger partial charge >= 0.3 is 7.82 Å². The molecular weight excluding hydrogens is 353 g/mol. The smallest absolute Gasteiger partial charge is 0.376 e. The molecule has 0 rings (SSSR count). The minimum absolute atomic E-state index is 0.0997. The zero-order valence-corrected chi connectivity index (χ0v) is 18.6. The van der Waals surface area contributed by atoms with Crippen LogP contribution in [0.4, 0.5) is 0 Å². The molecule has 0 saturated heterocycles. The van der Waals surface area contributed by atoms with Gasteiger partial charge in [-0.15, -0.1) is 0 Å². The summed E-state index contributed by atoms with van der Waals surface area (Å²) < 4.78 is 28.4. The number of phosphoric ester groups is 1. The maximum absolute atomic E-state index is 12.0. The van der Waals surface area contributed by atoms with Gasteiger partial charge < -0.3 is 14.1 Å². The molecule has 0 aromatic carbocycles. The minimum atomic E-state index is -4.01. The molecule has 0 aliphatic carbocycles.